The number of nitrogens with two attached hydrogens (primary N) is 1. The molecule has 5 aromatic rings. The van der Waals surface area contributed by atoms with Gasteiger partial charge < -0.3 is 20.7 Å². The Morgan fingerprint density at radius 2 is 1.83 bits per heavy atom. The molecular formula is C36H36N8O3. The van der Waals surface area contributed by atoms with Gasteiger partial charge in [-0.25, -0.2) is 19.7 Å². The van der Waals surface area contributed by atoms with Gasteiger partial charge in [-0.1, -0.05) is 66.7 Å². The first-order valence-electron chi connectivity index (χ1n) is 15.9. The lowest BCUT2D eigenvalue weighted by Gasteiger charge is -2.31. The standard InChI is InChI=1S/C36H36N8O3/c1-43-34(27-14-8-18-44(21-27)36(46)47-22-23-9-3-2-4-10-23)41-33(42-43)31-32(37)38-20-30(39-31)25-12-7-13-26(19-25)35(45)40-29-17-16-24-11-5-6-15-28(24)29/h2-7,9-13,15,19-20,27,29H,8,14,16-18,21-22H2,1H3,(H2,37,38)(H,40,45)/t27-,29+/m1/s1. The van der Waals surface area contributed by atoms with Crippen molar-refractivity contribution in [3.63, 3.8) is 0 Å². The molecule has 47 heavy (non-hydrogen) atoms. The first kappa shape index (κ1) is 30.1. The van der Waals surface area contributed by atoms with Crippen molar-refractivity contribution in [3.8, 4) is 22.8 Å². The van der Waals surface area contributed by atoms with Crippen LogP contribution in [-0.4, -0.2) is 54.7 Å². The normalized spacial score (nSPS) is 17.3. The molecule has 2 amide bonds. The molecule has 238 valence electrons. The van der Waals surface area contributed by atoms with Gasteiger partial charge in [0.15, 0.2) is 11.5 Å². The van der Waals surface area contributed by atoms with Gasteiger partial charge in [-0.3, -0.25) is 9.48 Å². The molecule has 3 heterocycles. The summed E-state index contributed by atoms with van der Waals surface area (Å²) < 4.78 is 7.30. The van der Waals surface area contributed by atoms with E-state index in [1.165, 1.54) is 11.1 Å². The minimum absolute atomic E-state index is 0.00845. The molecule has 7 rings (SSSR count). The predicted molar refractivity (Wildman–Crippen MR) is 177 cm³/mol. The molecule has 11 heteroatoms. The van der Waals surface area contributed by atoms with Crippen LogP contribution in [0.3, 0.4) is 0 Å². The van der Waals surface area contributed by atoms with E-state index in [0.29, 0.717) is 35.9 Å². The van der Waals surface area contributed by atoms with Crippen LogP contribution in [0.4, 0.5) is 10.6 Å². The highest BCUT2D eigenvalue weighted by molar-refractivity contribution is 5.95. The van der Waals surface area contributed by atoms with Crippen molar-refractivity contribution in [3.05, 3.63) is 113 Å². The molecule has 0 bridgehead atoms. The van der Waals surface area contributed by atoms with E-state index in [-0.39, 0.29) is 36.4 Å². The van der Waals surface area contributed by atoms with E-state index in [0.717, 1.165) is 42.6 Å². The summed E-state index contributed by atoms with van der Waals surface area (Å²) in [5.74, 6) is 1.12. The predicted octanol–water partition coefficient (Wildman–Crippen LogP) is 5.45. The summed E-state index contributed by atoms with van der Waals surface area (Å²) in [6.45, 7) is 1.33. The van der Waals surface area contributed by atoms with E-state index in [1.54, 1.807) is 21.8 Å². The first-order chi connectivity index (χ1) is 22.9. The van der Waals surface area contributed by atoms with Crippen LogP contribution in [0.1, 0.15) is 64.1 Å². The fourth-order valence-corrected chi connectivity index (χ4v) is 6.49. The fraction of sp³-hybridized carbons (Fsp3) is 0.278. The largest absolute Gasteiger partial charge is 0.445 e. The lowest BCUT2D eigenvalue weighted by atomic mass is 9.97. The molecule has 0 spiro atoms. The van der Waals surface area contributed by atoms with Gasteiger partial charge in [0.25, 0.3) is 5.91 Å². The van der Waals surface area contributed by atoms with Crippen molar-refractivity contribution in [2.24, 2.45) is 7.05 Å². The van der Waals surface area contributed by atoms with Gasteiger partial charge in [-0.05, 0) is 54.5 Å². The number of anilines is 1. The molecule has 0 radical (unpaired) electrons. The summed E-state index contributed by atoms with van der Waals surface area (Å²) in [5, 5.41) is 7.83. The number of nitrogens with one attached hydrogen (secondary N) is 1. The first-order valence-corrected chi connectivity index (χ1v) is 15.9. The Balaban J connectivity index is 1.06. The summed E-state index contributed by atoms with van der Waals surface area (Å²) in [7, 11) is 1.83. The molecule has 2 aromatic heterocycles. The number of aromatic nitrogens is 5. The van der Waals surface area contributed by atoms with Crippen LogP contribution in [0.5, 0.6) is 0 Å². The van der Waals surface area contributed by atoms with Gasteiger partial charge in [-0.15, -0.1) is 5.10 Å². The fourth-order valence-electron chi connectivity index (χ4n) is 6.49. The van der Waals surface area contributed by atoms with Crippen LogP contribution >= 0.6 is 0 Å². The topological polar surface area (TPSA) is 141 Å². The van der Waals surface area contributed by atoms with Crippen molar-refractivity contribution < 1.29 is 14.3 Å². The number of hydrogen-bond donors (Lipinski definition) is 2. The number of likely N-dealkylation sites (tertiary alicyclic amines) is 1. The monoisotopic (exact) mass is 628 g/mol. The number of hydrogen-bond acceptors (Lipinski definition) is 8. The van der Waals surface area contributed by atoms with Crippen LogP contribution < -0.4 is 11.1 Å². The number of piperidine rings is 1. The third-order valence-corrected chi connectivity index (χ3v) is 8.92. The number of nitrogens with zero attached hydrogens (tertiary/aromatic N) is 6. The molecule has 3 aromatic carbocycles. The van der Waals surface area contributed by atoms with Crippen LogP contribution in [0.25, 0.3) is 22.8 Å². The third kappa shape index (κ3) is 6.42. The number of amides is 2. The molecule has 1 fully saturated rings. The summed E-state index contributed by atoms with van der Waals surface area (Å²) in [5.41, 5.74) is 11.9. The number of carbonyl (C=O) groups excluding carboxylic acids is 2. The number of aryl methyl sites for hydroxylation is 2. The van der Waals surface area contributed by atoms with E-state index in [1.807, 2.05) is 67.7 Å². The number of carbonyl (C=O) groups is 2. The summed E-state index contributed by atoms with van der Waals surface area (Å²) in [6.07, 6.45) is 4.77. The summed E-state index contributed by atoms with van der Waals surface area (Å²) in [6, 6.07) is 25.2. The highest BCUT2D eigenvalue weighted by atomic mass is 16.6. The molecule has 1 saturated heterocycles. The SMILES string of the molecule is Cn1nc(-c2nc(-c3cccc(C(=O)N[C@H]4CCc5ccccc54)c3)cnc2N)nc1[C@@H]1CCCN(C(=O)OCc2ccccc2)C1. The average Bonchev–Trinajstić information content (AvgIpc) is 3.71. The quantitative estimate of drug-likeness (QED) is 0.242. The van der Waals surface area contributed by atoms with Gasteiger partial charge in [0.05, 0.1) is 17.9 Å². The van der Waals surface area contributed by atoms with Crippen molar-refractivity contribution >= 4 is 17.8 Å². The van der Waals surface area contributed by atoms with Crippen molar-refractivity contribution in [1.29, 1.82) is 0 Å². The van der Waals surface area contributed by atoms with Crippen LogP contribution in [-0.2, 0) is 24.8 Å². The number of fused-ring (bicyclic) bond motifs is 1. The molecule has 11 nitrogen and oxygen atoms in total. The molecule has 2 aliphatic rings. The van der Waals surface area contributed by atoms with Gasteiger partial charge in [0, 0.05) is 37.2 Å². The lowest BCUT2D eigenvalue weighted by molar-refractivity contribution is 0.0850. The minimum Gasteiger partial charge on any atom is -0.445 e. The Morgan fingerprint density at radius 3 is 2.70 bits per heavy atom. The van der Waals surface area contributed by atoms with Crippen molar-refractivity contribution in [1.82, 2.24) is 34.9 Å². The van der Waals surface area contributed by atoms with Gasteiger partial charge in [0.2, 0.25) is 5.82 Å². The zero-order chi connectivity index (χ0) is 32.3. The van der Waals surface area contributed by atoms with Crippen molar-refractivity contribution in [2.45, 2.75) is 44.2 Å². The molecule has 0 saturated carbocycles. The second-order valence-electron chi connectivity index (χ2n) is 12.1. The molecular weight excluding hydrogens is 592 g/mol. The van der Waals surface area contributed by atoms with Crippen LogP contribution in [0.2, 0.25) is 0 Å². The Labute approximate surface area is 272 Å². The number of benzene rings is 3. The molecule has 2 atom stereocenters. The van der Waals surface area contributed by atoms with Crippen LogP contribution in [0, 0.1) is 0 Å². The highest BCUT2D eigenvalue weighted by Gasteiger charge is 2.30. The third-order valence-electron chi connectivity index (χ3n) is 8.92. The number of nitrogen functional groups attached to an aromatic ring is 1. The van der Waals surface area contributed by atoms with E-state index >= 15 is 0 Å². The maximum atomic E-state index is 13.3. The summed E-state index contributed by atoms with van der Waals surface area (Å²) in [4.78, 5) is 41.9. The van der Waals surface area contributed by atoms with E-state index in [9.17, 15) is 9.59 Å². The minimum atomic E-state index is -0.340. The van der Waals surface area contributed by atoms with Crippen LogP contribution in [0.15, 0.2) is 85.1 Å². The molecule has 1 aliphatic carbocycles. The second-order valence-corrected chi connectivity index (χ2v) is 12.1. The van der Waals surface area contributed by atoms with Gasteiger partial charge in [0.1, 0.15) is 12.4 Å². The lowest BCUT2D eigenvalue weighted by Crippen LogP contribution is -2.40. The summed E-state index contributed by atoms with van der Waals surface area (Å²) >= 11 is 0. The number of rotatable bonds is 7. The maximum absolute atomic E-state index is 13.3. The van der Waals surface area contributed by atoms with Crippen molar-refractivity contribution in [2.75, 3.05) is 18.8 Å². The second kappa shape index (κ2) is 13.0. The van der Waals surface area contributed by atoms with E-state index < -0.39 is 0 Å². The van der Waals surface area contributed by atoms with Gasteiger partial charge in [-0.2, -0.15) is 0 Å². The Bertz CT molecular complexity index is 1920. The molecule has 1 aliphatic heterocycles. The highest BCUT2D eigenvalue weighted by Crippen LogP contribution is 2.32. The van der Waals surface area contributed by atoms with E-state index in [2.05, 4.69) is 27.5 Å². The zero-order valence-corrected chi connectivity index (χ0v) is 26.2. The Kier molecular flexibility index (Phi) is 8.35. The van der Waals surface area contributed by atoms with E-state index in [4.69, 9.17) is 20.4 Å². The Morgan fingerprint density at radius 1 is 1.00 bits per heavy atom. The average molecular weight is 629 g/mol. The smallest absolute Gasteiger partial charge is 0.410 e. The Hall–Kier alpha value is -5.58. The molecule has 0 unspecified atom stereocenters. The van der Waals surface area contributed by atoms with Gasteiger partial charge >= 0.3 is 6.09 Å². The maximum Gasteiger partial charge on any atom is 0.410 e. The number of ether oxygens (including phenoxy) is 1. The zero-order valence-electron chi connectivity index (χ0n) is 26.2. The molecule has 3 N–H and O–H groups in total.